The Morgan fingerprint density at radius 3 is 2.93 bits per heavy atom. The van der Waals surface area contributed by atoms with Crippen molar-refractivity contribution in [2.45, 2.75) is 11.8 Å². The highest BCUT2D eigenvalue weighted by Gasteiger charge is 2.20. The summed E-state index contributed by atoms with van der Waals surface area (Å²) in [5.74, 6) is -0.921. The molecule has 0 radical (unpaired) electrons. The first-order valence-corrected chi connectivity index (χ1v) is 5.46. The van der Waals surface area contributed by atoms with Gasteiger partial charge in [-0.3, -0.25) is 0 Å². The standard InChI is InChI=1S/C10H8ClNO2S/c1-5-9(10(13)14)15-8-4-6(11)2-3-7(8)12-5/h2-4,12H,1H3,(H,13,14). The summed E-state index contributed by atoms with van der Waals surface area (Å²) in [6.07, 6.45) is 0. The fourth-order valence-corrected chi connectivity index (χ4v) is 2.50. The SMILES string of the molecule is CC1=C(C(=O)O)Sc2cc(Cl)ccc2N1. The molecule has 0 saturated carbocycles. The van der Waals surface area contributed by atoms with Gasteiger partial charge in [-0.15, -0.1) is 0 Å². The minimum Gasteiger partial charge on any atom is -0.477 e. The summed E-state index contributed by atoms with van der Waals surface area (Å²) in [5.41, 5.74) is 1.55. The predicted octanol–water partition coefficient (Wildman–Crippen LogP) is 3.17. The van der Waals surface area contributed by atoms with Gasteiger partial charge >= 0.3 is 5.97 Å². The average Bonchev–Trinajstić information content (AvgIpc) is 2.17. The summed E-state index contributed by atoms with van der Waals surface area (Å²) in [7, 11) is 0. The minimum absolute atomic E-state index is 0.310. The third-order valence-corrected chi connectivity index (χ3v) is 3.49. The van der Waals surface area contributed by atoms with Gasteiger partial charge in [0.2, 0.25) is 0 Å². The normalized spacial score (nSPS) is 14.5. The molecule has 0 bridgehead atoms. The summed E-state index contributed by atoms with van der Waals surface area (Å²) >= 11 is 7.06. The fraction of sp³-hybridized carbons (Fsp3) is 0.100. The molecule has 5 heteroatoms. The van der Waals surface area contributed by atoms with E-state index in [0.717, 1.165) is 10.6 Å². The van der Waals surface area contributed by atoms with E-state index in [9.17, 15) is 4.79 Å². The number of nitrogens with one attached hydrogen (secondary N) is 1. The molecular weight excluding hydrogens is 234 g/mol. The van der Waals surface area contributed by atoms with Gasteiger partial charge in [0.15, 0.2) is 0 Å². The maximum absolute atomic E-state index is 10.9. The van der Waals surface area contributed by atoms with Crippen LogP contribution in [0.2, 0.25) is 5.02 Å². The Morgan fingerprint density at radius 1 is 1.53 bits per heavy atom. The van der Waals surface area contributed by atoms with E-state index >= 15 is 0 Å². The average molecular weight is 242 g/mol. The molecule has 3 nitrogen and oxygen atoms in total. The lowest BCUT2D eigenvalue weighted by molar-refractivity contribution is -0.131. The van der Waals surface area contributed by atoms with E-state index in [1.54, 1.807) is 19.1 Å². The number of fused-ring (bicyclic) bond motifs is 1. The Morgan fingerprint density at radius 2 is 2.27 bits per heavy atom. The molecule has 2 rings (SSSR count). The Kier molecular flexibility index (Phi) is 2.63. The van der Waals surface area contributed by atoms with Gasteiger partial charge < -0.3 is 10.4 Å². The molecule has 0 aromatic heterocycles. The summed E-state index contributed by atoms with van der Waals surface area (Å²) in [6, 6.07) is 5.36. The Labute approximate surface area is 96.1 Å². The van der Waals surface area contributed by atoms with Crippen LogP contribution in [0.15, 0.2) is 33.7 Å². The molecule has 0 unspecified atom stereocenters. The molecular formula is C10H8ClNO2S. The molecule has 0 atom stereocenters. The van der Waals surface area contributed by atoms with Gasteiger partial charge in [-0.05, 0) is 25.1 Å². The summed E-state index contributed by atoms with van der Waals surface area (Å²) in [4.78, 5) is 12.1. The molecule has 0 aliphatic carbocycles. The lowest BCUT2D eigenvalue weighted by Crippen LogP contribution is -2.10. The number of benzene rings is 1. The Hall–Kier alpha value is -1.13. The van der Waals surface area contributed by atoms with Crippen LogP contribution in [0.3, 0.4) is 0 Å². The number of hydrogen-bond acceptors (Lipinski definition) is 3. The zero-order valence-corrected chi connectivity index (χ0v) is 9.45. The molecule has 0 spiro atoms. The topological polar surface area (TPSA) is 49.3 Å². The first kappa shape index (κ1) is 10.4. The first-order valence-electron chi connectivity index (χ1n) is 4.26. The number of rotatable bonds is 1. The van der Waals surface area contributed by atoms with Crippen LogP contribution in [0.5, 0.6) is 0 Å². The smallest absolute Gasteiger partial charge is 0.344 e. The van der Waals surface area contributed by atoms with Crippen molar-refractivity contribution in [3.8, 4) is 0 Å². The zero-order chi connectivity index (χ0) is 11.0. The Balaban J connectivity index is 2.43. The second-order valence-corrected chi connectivity index (χ2v) is 4.62. The quantitative estimate of drug-likeness (QED) is 0.793. The van der Waals surface area contributed by atoms with Crippen molar-refractivity contribution in [2.75, 3.05) is 5.32 Å². The van der Waals surface area contributed by atoms with Crippen LogP contribution in [-0.2, 0) is 4.79 Å². The second kappa shape index (κ2) is 3.79. The highest BCUT2D eigenvalue weighted by molar-refractivity contribution is 8.04. The van der Waals surface area contributed by atoms with Crippen LogP contribution in [0.1, 0.15) is 6.92 Å². The van der Waals surface area contributed by atoms with Gasteiger partial charge in [0, 0.05) is 15.6 Å². The number of anilines is 1. The van der Waals surface area contributed by atoms with Gasteiger partial charge in [0.25, 0.3) is 0 Å². The molecule has 1 heterocycles. The van der Waals surface area contributed by atoms with Crippen LogP contribution in [-0.4, -0.2) is 11.1 Å². The van der Waals surface area contributed by atoms with E-state index in [1.165, 1.54) is 11.8 Å². The number of allylic oxidation sites excluding steroid dienone is 1. The lowest BCUT2D eigenvalue weighted by atomic mass is 10.3. The molecule has 15 heavy (non-hydrogen) atoms. The lowest BCUT2D eigenvalue weighted by Gasteiger charge is -2.19. The molecule has 1 aliphatic heterocycles. The van der Waals surface area contributed by atoms with Crippen molar-refractivity contribution < 1.29 is 9.90 Å². The highest BCUT2D eigenvalue weighted by atomic mass is 35.5. The molecule has 2 N–H and O–H groups in total. The highest BCUT2D eigenvalue weighted by Crippen LogP contribution is 2.40. The second-order valence-electron chi connectivity index (χ2n) is 3.13. The zero-order valence-electron chi connectivity index (χ0n) is 7.87. The van der Waals surface area contributed by atoms with E-state index in [4.69, 9.17) is 16.7 Å². The molecule has 1 aliphatic rings. The monoisotopic (exact) mass is 241 g/mol. The van der Waals surface area contributed by atoms with Crippen LogP contribution < -0.4 is 5.32 Å². The largest absolute Gasteiger partial charge is 0.477 e. The molecule has 0 saturated heterocycles. The van der Waals surface area contributed by atoms with Crippen LogP contribution in [0.25, 0.3) is 0 Å². The predicted molar refractivity (Wildman–Crippen MR) is 61.3 cm³/mol. The van der Waals surface area contributed by atoms with Crippen molar-refractivity contribution in [2.24, 2.45) is 0 Å². The van der Waals surface area contributed by atoms with E-state index in [0.29, 0.717) is 15.6 Å². The van der Waals surface area contributed by atoms with Gasteiger partial charge in [-0.2, -0.15) is 0 Å². The van der Waals surface area contributed by atoms with Crippen molar-refractivity contribution >= 4 is 35.0 Å². The summed E-state index contributed by atoms with van der Waals surface area (Å²) < 4.78 is 0. The Bertz CT molecular complexity index is 470. The van der Waals surface area contributed by atoms with Gasteiger partial charge in [-0.25, -0.2) is 4.79 Å². The number of carboxylic acid groups (broad SMARTS) is 1. The molecule has 1 aromatic rings. The fourth-order valence-electron chi connectivity index (χ4n) is 1.33. The minimum atomic E-state index is -0.921. The van der Waals surface area contributed by atoms with E-state index < -0.39 is 5.97 Å². The third-order valence-electron chi connectivity index (χ3n) is 2.01. The number of halogens is 1. The number of hydrogen-bond donors (Lipinski definition) is 2. The first-order chi connectivity index (χ1) is 7.08. The van der Waals surface area contributed by atoms with Crippen molar-refractivity contribution in [1.29, 1.82) is 0 Å². The van der Waals surface area contributed by atoms with Gasteiger partial charge in [0.1, 0.15) is 4.91 Å². The van der Waals surface area contributed by atoms with Crippen LogP contribution in [0, 0.1) is 0 Å². The number of thioether (sulfide) groups is 1. The third kappa shape index (κ3) is 1.96. The molecule has 78 valence electrons. The number of carbonyl (C=O) groups is 1. The van der Waals surface area contributed by atoms with Crippen LogP contribution >= 0.6 is 23.4 Å². The molecule has 1 aromatic carbocycles. The van der Waals surface area contributed by atoms with E-state index in [2.05, 4.69) is 5.32 Å². The summed E-state index contributed by atoms with van der Waals surface area (Å²) in [6.45, 7) is 1.74. The molecule has 0 fully saturated rings. The van der Waals surface area contributed by atoms with Crippen molar-refractivity contribution in [3.05, 3.63) is 33.8 Å². The maximum Gasteiger partial charge on any atom is 0.344 e. The van der Waals surface area contributed by atoms with Gasteiger partial charge in [0.05, 0.1) is 5.69 Å². The number of carboxylic acids is 1. The van der Waals surface area contributed by atoms with E-state index in [-0.39, 0.29) is 0 Å². The summed E-state index contributed by atoms with van der Waals surface area (Å²) in [5, 5.41) is 12.6. The van der Waals surface area contributed by atoms with Crippen LogP contribution in [0.4, 0.5) is 5.69 Å². The van der Waals surface area contributed by atoms with E-state index in [1.807, 2.05) is 6.07 Å². The number of aliphatic carboxylic acids is 1. The van der Waals surface area contributed by atoms with Gasteiger partial charge in [-0.1, -0.05) is 23.4 Å². The maximum atomic E-state index is 10.9. The van der Waals surface area contributed by atoms with Crippen molar-refractivity contribution in [1.82, 2.24) is 0 Å². The molecule has 0 amide bonds. The van der Waals surface area contributed by atoms with Crippen molar-refractivity contribution in [3.63, 3.8) is 0 Å².